The number of rotatable bonds is 3. The van der Waals surface area contributed by atoms with Crippen molar-refractivity contribution >= 4 is 0 Å². The molecule has 0 rings (SSSR count). The molecule has 0 spiro atoms. The first-order valence-electron chi connectivity index (χ1n) is 2.90. The molecule has 0 saturated carbocycles. The minimum Gasteiger partial charge on any atom is -0.471 e. The first kappa shape index (κ1) is 8.08. The van der Waals surface area contributed by atoms with E-state index in [1.54, 1.807) is 0 Å². The van der Waals surface area contributed by atoms with Crippen molar-refractivity contribution in [2.45, 2.75) is 13.8 Å². The molecule has 2 N–H and O–H groups in total. The smallest absolute Gasteiger partial charge is 0.109 e. The Morgan fingerprint density at radius 2 is 2.22 bits per heavy atom. The standard InChI is InChI=1S/C7H13NO/c1-4-9-5-7(8)6(2)3/h4-6H,1,8H2,2-3H3/b7-5-. The van der Waals surface area contributed by atoms with Crippen LogP contribution in [0, 0.1) is 5.92 Å². The molecule has 0 aliphatic rings. The van der Waals surface area contributed by atoms with E-state index in [2.05, 4.69) is 6.58 Å². The van der Waals surface area contributed by atoms with E-state index in [0.717, 1.165) is 5.70 Å². The van der Waals surface area contributed by atoms with E-state index in [1.807, 2.05) is 13.8 Å². The lowest BCUT2D eigenvalue weighted by molar-refractivity contribution is 0.393. The maximum Gasteiger partial charge on any atom is 0.109 e. The summed E-state index contributed by atoms with van der Waals surface area (Å²) in [5, 5.41) is 0. The highest BCUT2D eigenvalue weighted by atomic mass is 16.5. The summed E-state index contributed by atoms with van der Waals surface area (Å²) >= 11 is 0. The van der Waals surface area contributed by atoms with Gasteiger partial charge in [0.25, 0.3) is 0 Å². The van der Waals surface area contributed by atoms with Crippen LogP contribution in [0.4, 0.5) is 0 Å². The van der Waals surface area contributed by atoms with Gasteiger partial charge in [0.05, 0.1) is 6.26 Å². The summed E-state index contributed by atoms with van der Waals surface area (Å²) in [5.74, 6) is 0.338. The predicted molar refractivity (Wildman–Crippen MR) is 38.4 cm³/mol. The van der Waals surface area contributed by atoms with Crippen LogP contribution in [0.15, 0.2) is 24.8 Å². The molecule has 9 heavy (non-hydrogen) atoms. The zero-order chi connectivity index (χ0) is 7.28. The van der Waals surface area contributed by atoms with Gasteiger partial charge in [-0.2, -0.15) is 0 Å². The van der Waals surface area contributed by atoms with Gasteiger partial charge in [0.15, 0.2) is 0 Å². The van der Waals surface area contributed by atoms with Crippen molar-refractivity contribution < 1.29 is 4.74 Å². The van der Waals surface area contributed by atoms with Gasteiger partial charge in [0.1, 0.15) is 6.26 Å². The van der Waals surface area contributed by atoms with Gasteiger partial charge >= 0.3 is 0 Å². The fraction of sp³-hybridized carbons (Fsp3) is 0.429. The van der Waals surface area contributed by atoms with Crippen molar-refractivity contribution in [2.75, 3.05) is 0 Å². The van der Waals surface area contributed by atoms with Gasteiger partial charge in [-0.25, -0.2) is 0 Å². The van der Waals surface area contributed by atoms with Gasteiger partial charge in [0, 0.05) is 5.70 Å². The zero-order valence-corrected chi connectivity index (χ0v) is 5.92. The van der Waals surface area contributed by atoms with Gasteiger partial charge in [-0.05, 0) is 5.92 Å². The van der Waals surface area contributed by atoms with Crippen LogP contribution in [-0.2, 0) is 4.74 Å². The fourth-order valence-electron chi connectivity index (χ4n) is 0.263. The van der Waals surface area contributed by atoms with E-state index >= 15 is 0 Å². The van der Waals surface area contributed by atoms with Gasteiger partial charge in [-0.15, -0.1) is 0 Å². The predicted octanol–water partition coefficient (Wildman–Crippen LogP) is 1.60. The molecule has 0 aliphatic heterocycles. The summed E-state index contributed by atoms with van der Waals surface area (Å²) in [6, 6.07) is 0. The number of hydrogen-bond donors (Lipinski definition) is 1. The molecule has 52 valence electrons. The highest BCUT2D eigenvalue weighted by molar-refractivity contribution is 4.94. The molecule has 0 aromatic heterocycles. The van der Waals surface area contributed by atoms with Crippen molar-refractivity contribution in [3.63, 3.8) is 0 Å². The summed E-state index contributed by atoms with van der Waals surface area (Å²) in [5.41, 5.74) is 6.22. The van der Waals surface area contributed by atoms with Gasteiger partial charge in [0.2, 0.25) is 0 Å². The van der Waals surface area contributed by atoms with Crippen molar-refractivity contribution in [2.24, 2.45) is 11.7 Å². The van der Waals surface area contributed by atoms with Crippen LogP contribution >= 0.6 is 0 Å². The second-order valence-electron chi connectivity index (χ2n) is 2.08. The van der Waals surface area contributed by atoms with Crippen LogP contribution in [0.3, 0.4) is 0 Å². The molecule has 0 aromatic rings. The minimum atomic E-state index is 0.338. The van der Waals surface area contributed by atoms with Crippen molar-refractivity contribution in [1.82, 2.24) is 0 Å². The third kappa shape index (κ3) is 3.64. The van der Waals surface area contributed by atoms with Gasteiger partial charge in [-0.3, -0.25) is 0 Å². The van der Waals surface area contributed by atoms with Crippen LogP contribution in [0.1, 0.15) is 13.8 Å². The maximum absolute atomic E-state index is 5.49. The number of allylic oxidation sites excluding steroid dienone is 1. The summed E-state index contributed by atoms with van der Waals surface area (Å²) in [6.45, 7) is 7.37. The third-order valence-electron chi connectivity index (χ3n) is 0.967. The van der Waals surface area contributed by atoms with Crippen LogP contribution in [0.5, 0.6) is 0 Å². The molecule has 0 bridgehead atoms. The molecule has 0 saturated heterocycles. The van der Waals surface area contributed by atoms with E-state index < -0.39 is 0 Å². The zero-order valence-electron chi connectivity index (χ0n) is 5.92. The molecule has 0 aliphatic carbocycles. The Morgan fingerprint density at radius 1 is 1.67 bits per heavy atom. The molecule has 0 fully saturated rings. The van der Waals surface area contributed by atoms with E-state index in [-0.39, 0.29) is 0 Å². The highest BCUT2D eigenvalue weighted by Crippen LogP contribution is 2.01. The average Bonchev–Trinajstić information content (AvgIpc) is 1.82. The molecule has 2 heteroatoms. The third-order valence-corrected chi connectivity index (χ3v) is 0.967. The van der Waals surface area contributed by atoms with E-state index in [0.29, 0.717) is 5.92 Å². The Kier molecular flexibility index (Phi) is 3.60. The molecule has 2 nitrogen and oxygen atoms in total. The second-order valence-corrected chi connectivity index (χ2v) is 2.08. The number of nitrogens with two attached hydrogens (primary N) is 1. The van der Waals surface area contributed by atoms with Crippen LogP contribution in [-0.4, -0.2) is 0 Å². The molecular weight excluding hydrogens is 114 g/mol. The first-order chi connectivity index (χ1) is 4.18. The Hall–Kier alpha value is -0.920. The van der Waals surface area contributed by atoms with Crippen LogP contribution < -0.4 is 5.73 Å². The van der Waals surface area contributed by atoms with Crippen molar-refractivity contribution in [3.8, 4) is 0 Å². The average molecular weight is 127 g/mol. The Balaban J connectivity index is 3.68. The lowest BCUT2D eigenvalue weighted by Crippen LogP contribution is -2.04. The molecular formula is C7H13NO. The van der Waals surface area contributed by atoms with Crippen LogP contribution in [0.2, 0.25) is 0 Å². The lowest BCUT2D eigenvalue weighted by Gasteiger charge is -2.02. The van der Waals surface area contributed by atoms with Crippen molar-refractivity contribution in [3.05, 3.63) is 24.8 Å². The summed E-state index contributed by atoms with van der Waals surface area (Å²) < 4.78 is 4.73. The largest absolute Gasteiger partial charge is 0.471 e. The first-order valence-corrected chi connectivity index (χ1v) is 2.90. The van der Waals surface area contributed by atoms with Gasteiger partial charge in [-0.1, -0.05) is 20.4 Å². The molecule has 0 heterocycles. The Morgan fingerprint density at radius 3 is 2.56 bits per heavy atom. The summed E-state index contributed by atoms with van der Waals surface area (Å²) in [4.78, 5) is 0. The molecule has 0 radical (unpaired) electrons. The number of ether oxygens (including phenoxy) is 1. The quantitative estimate of drug-likeness (QED) is 0.584. The minimum absolute atomic E-state index is 0.338. The molecule has 0 aromatic carbocycles. The van der Waals surface area contributed by atoms with E-state index in [1.165, 1.54) is 12.5 Å². The molecule has 0 atom stereocenters. The van der Waals surface area contributed by atoms with Crippen LogP contribution in [0.25, 0.3) is 0 Å². The normalized spacial score (nSPS) is 11.7. The van der Waals surface area contributed by atoms with Gasteiger partial charge < -0.3 is 10.5 Å². The van der Waals surface area contributed by atoms with Crippen molar-refractivity contribution in [1.29, 1.82) is 0 Å². The second kappa shape index (κ2) is 4.01. The monoisotopic (exact) mass is 127 g/mol. The summed E-state index contributed by atoms with van der Waals surface area (Å²) in [7, 11) is 0. The summed E-state index contributed by atoms with van der Waals surface area (Å²) in [6.07, 6.45) is 2.84. The Labute approximate surface area is 56.0 Å². The molecule has 0 unspecified atom stereocenters. The maximum atomic E-state index is 5.49. The fourth-order valence-corrected chi connectivity index (χ4v) is 0.263. The van der Waals surface area contributed by atoms with E-state index in [4.69, 9.17) is 10.5 Å². The molecule has 0 amide bonds. The topological polar surface area (TPSA) is 35.2 Å². The highest BCUT2D eigenvalue weighted by Gasteiger charge is 1.94. The lowest BCUT2D eigenvalue weighted by atomic mass is 10.2. The SMILES string of the molecule is C=CO/C=C(\N)C(C)C. The van der Waals surface area contributed by atoms with E-state index in [9.17, 15) is 0 Å². The number of hydrogen-bond acceptors (Lipinski definition) is 2. The Bertz CT molecular complexity index is 116.